The summed E-state index contributed by atoms with van der Waals surface area (Å²) in [5, 5.41) is 0.646. The summed E-state index contributed by atoms with van der Waals surface area (Å²) in [6.45, 7) is 2.59. The molecule has 0 unspecified atom stereocenters. The topological polar surface area (TPSA) is 42.1 Å². The van der Waals surface area contributed by atoms with Crippen molar-refractivity contribution in [2.75, 3.05) is 12.3 Å². The van der Waals surface area contributed by atoms with E-state index in [1.54, 1.807) is 23.5 Å². The molecular weight excluding hydrogens is 249 g/mol. The van der Waals surface area contributed by atoms with Crippen LogP contribution in [-0.2, 0) is 19.5 Å². The molecule has 94 valence electrons. The standard InChI is InChI=1S/C13H14FN3S/c14-10-3-1-2-9(6-10)7-17-5-4-11-12(8-17)18-13(15)16-11/h1-3,6H,4-5,7-8H2,(H2,15,16). The number of thiazole rings is 1. The van der Waals surface area contributed by atoms with Gasteiger partial charge in [-0.3, -0.25) is 4.90 Å². The van der Waals surface area contributed by atoms with Crippen molar-refractivity contribution in [1.29, 1.82) is 0 Å². The highest BCUT2D eigenvalue weighted by Gasteiger charge is 2.20. The van der Waals surface area contributed by atoms with Gasteiger partial charge in [0.1, 0.15) is 5.82 Å². The van der Waals surface area contributed by atoms with Crippen LogP contribution in [0.5, 0.6) is 0 Å². The van der Waals surface area contributed by atoms with Crippen LogP contribution in [0.3, 0.4) is 0 Å². The third-order valence-corrected chi connectivity index (χ3v) is 4.03. The largest absolute Gasteiger partial charge is 0.375 e. The normalized spacial score (nSPS) is 15.6. The third kappa shape index (κ3) is 2.37. The Hall–Kier alpha value is -1.46. The van der Waals surface area contributed by atoms with Gasteiger partial charge >= 0.3 is 0 Å². The van der Waals surface area contributed by atoms with Crippen LogP contribution in [0, 0.1) is 5.82 Å². The van der Waals surface area contributed by atoms with Crippen molar-refractivity contribution < 1.29 is 4.39 Å². The van der Waals surface area contributed by atoms with Gasteiger partial charge in [0.15, 0.2) is 5.13 Å². The second-order valence-electron chi connectivity index (χ2n) is 4.51. The maximum absolute atomic E-state index is 13.1. The van der Waals surface area contributed by atoms with E-state index in [1.807, 2.05) is 6.07 Å². The van der Waals surface area contributed by atoms with Gasteiger partial charge < -0.3 is 5.73 Å². The number of nitrogen functional groups attached to an aromatic ring is 1. The molecule has 0 atom stereocenters. The highest BCUT2D eigenvalue weighted by atomic mass is 32.1. The van der Waals surface area contributed by atoms with Gasteiger partial charge in [-0.2, -0.15) is 0 Å². The van der Waals surface area contributed by atoms with E-state index in [0.717, 1.165) is 37.3 Å². The van der Waals surface area contributed by atoms with Gasteiger partial charge in [0.25, 0.3) is 0 Å². The Morgan fingerprint density at radius 3 is 3.17 bits per heavy atom. The number of nitrogens with two attached hydrogens (primary N) is 1. The van der Waals surface area contributed by atoms with Crippen LogP contribution in [0.4, 0.5) is 9.52 Å². The molecule has 0 fully saturated rings. The Kier molecular flexibility index (Phi) is 3.01. The Bertz CT molecular complexity index is 567. The molecule has 1 aliphatic heterocycles. The summed E-state index contributed by atoms with van der Waals surface area (Å²) < 4.78 is 13.1. The molecule has 0 radical (unpaired) electrons. The SMILES string of the molecule is Nc1nc2c(s1)CN(Cc1cccc(F)c1)CC2. The van der Waals surface area contributed by atoms with Crippen molar-refractivity contribution in [2.45, 2.75) is 19.5 Å². The van der Waals surface area contributed by atoms with Gasteiger partial charge in [0, 0.05) is 30.9 Å². The molecule has 3 rings (SSSR count). The second kappa shape index (κ2) is 4.66. The fraction of sp³-hybridized carbons (Fsp3) is 0.308. The van der Waals surface area contributed by atoms with E-state index in [4.69, 9.17) is 5.73 Å². The van der Waals surface area contributed by atoms with E-state index in [0.29, 0.717) is 5.13 Å². The van der Waals surface area contributed by atoms with Crippen molar-refractivity contribution >= 4 is 16.5 Å². The summed E-state index contributed by atoms with van der Waals surface area (Å²) in [5.41, 5.74) is 7.86. The average molecular weight is 263 g/mol. The van der Waals surface area contributed by atoms with Gasteiger partial charge in [-0.15, -0.1) is 11.3 Å². The highest BCUT2D eigenvalue weighted by molar-refractivity contribution is 7.15. The maximum Gasteiger partial charge on any atom is 0.180 e. The van der Waals surface area contributed by atoms with Crippen molar-refractivity contribution in [1.82, 2.24) is 9.88 Å². The van der Waals surface area contributed by atoms with Crippen LogP contribution in [0.2, 0.25) is 0 Å². The molecule has 0 spiro atoms. The molecule has 2 heterocycles. The molecule has 2 aromatic rings. The number of nitrogens with zero attached hydrogens (tertiary/aromatic N) is 2. The predicted octanol–water partition coefficient (Wildman–Crippen LogP) is 2.42. The first-order chi connectivity index (χ1) is 8.70. The zero-order chi connectivity index (χ0) is 12.5. The summed E-state index contributed by atoms with van der Waals surface area (Å²) in [5.74, 6) is -0.174. The summed E-state index contributed by atoms with van der Waals surface area (Å²) in [4.78, 5) is 7.86. The minimum Gasteiger partial charge on any atom is -0.375 e. The van der Waals surface area contributed by atoms with Crippen molar-refractivity contribution in [3.63, 3.8) is 0 Å². The second-order valence-corrected chi connectivity index (χ2v) is 5.63. The predicted molar refractivity (Wildman–Crippen MR) is 70.7 cm³/mol. The van der Waals surface area contributed by atoms with Gasteiger partial charge in [-0.25, -0.2) is 9.37 Å². The van der Waals surface area contributed by atoms with Gasteiger partial charge in [0.05, 0.1) is 5.69 Å². The number of rotatable bonds is 2. The lowest BCUT2D eigenvalue weighted by Gasteiger charge is -2.25. The van der Waals surface area contributed by atoms with Crippen molar-refractivity contribution in [3.05, 3.63) is 46.2 Å². The lowest BCUT2D eigenvalue weighted by molar-refractivity contribution is 0.247. The van der Waals surface area contributed by atoms with Crippen LogP contribution in [-0.4, -0.2) is 16.4 Å². The Morgan fingerprint density at radius 2 is 2.33 bits per heavy atom. The summed E-state index contributed by atoms with van der Waals surface area (Å²) in [7, 11) is 0. The van der Waals surface area contributed by atoms with Gasteiger partial charge in [0.2, 0.25) is 0 Å². The molecule has 1 aromatic carbocycles. The van der Waals surface area contributed by atoms with E-state index >= 15 is 0 Å². The molecule has 0 amide bonds. The van der Waals surface area contributed by atoms with Crippen LogP contribution in [0.1, 0.15) is 16.1 Å². The third-order valence-electron chi connectivity index (χ3n) is 3.12. The molecule has 3 nitrogen and oxygen atoms in total. The molecule has 1 aromatic heterocycles. The first-order valence-electron chi connectivity index (χ1n) is 5.91. The van der Waals surface area contributed by atoms with Crippen LogP contribution in [0.25, 0.3) is 0 Å². The Morgan fingerprint density at radius 1 is 1.44 bits per heavy atom. The minimum atomic E-state index is -0.174. The first-order valence-corrected chi connectivity index (χ1v) is 6.73. The lowest BCUT2D eigenvalue weighted by atomic mass is 10.1. The fourth-order valence-electron chi connectivity index (χ4n) is 2.30. The van der Waals surface area contributed by atoms with E-state index in [1.165, 1.54) is 10.9 Å². The van der Waals surface area contributed by atoms with E-state index in [2.05, 4.69) is 9.88 Å². The molecule has 5 heteroatoms. The van der Waals surface area contributed by atoms with Crippen LogP contribution >= 0.6 is 11.3 Å². The van der Waals surface area contributed by atoms with Crippen LogP contribution < -0.4 is 5.73 Å². The molecule has 18 heavy (non-hydrogen) atoms. The molecular formula is C13H14FN3S. The molecule has 0 saturated heterocycles. The smallest absolute Gasteiger partial charge is 0.180 e. The molecule has 1 aliphatic rings. The first kappa shape index (κ1) is 11.6. The monoisotopic (exact) mass is 263 g/mol. The molecule has 0 aliphatic carbocycles. The summed E-state index contributed by atoms with van der Waals surface area (Å²) >= 11 is 1.56. The number of anilines is 1. The molecule has 0 saturated carbocycles. The quantitative estimate of drug-likeness (QED) is 0.904. The van der Waals surface area contributed by atoms with E-state index in [9.17, 15) is 4.39 Å². The number of hydrogen-bond donors (Lipinski definition) is 1. The number of benzene rings is 1. The lowest BCUT2D eigenvalue weighted by Crippen LogP contribution is -2.29. The van der Waals surface area contributed by atoms with Gasteiger partial charge in [-0.05, 0) is 17.7 Å². The fourth-order valence-corrected chi connectivity index (χ4v) is 3.22. The average Bonchev–Trinajstić information content (AvgIpc) is 2.68. The van der Waals surface area contributed by atoms with Crippen molar-refractivity contribution in [2.24, 2.45) is 0 Å². The number of hydrogen-bond acceptors (Lipinski definition) is 4. The van der Waals surface area contributed by atoms with Gasteiger partial charge in [-0.1, -0.05) is 12.1 Å². The summed E-state index contributed by atoms with van der Waals surface area (Å²) in [6.07, 6.45) is 0.929. The van der Waals surface area contributed by atoms with Crippen LogP contribution in [0.15, 0.2) is 24.3 Å². The summed E-state index contributed by atoms with van der Waals surface area (Å²) in [6, 6.07) is 6.78. The molecule has 0 bridgehead atoms. The van der Waals surface area contributed by atoms with E-state index < -0.39 is 0 Å². The Balaban J connectivity index is 1.73. The van der Waals surface area contributed by atoms with E-state index in [-0.39, 0.29) is 5.82 Å². The zero-order valence-corrected chi connectivity index (χ0v) is 10.7. The zero-order valence-electron chi connectivity index (χ0n) is 9.90. The Labute approximate surface area is 109 Å². The maximum atomic E-state index is 13.1. The highest BCUT2D eigenvalue weighted by Crippen LogP contribution is 2.27. The minimum absolute atomic E-state index is 0.174. The number of fused-ring (bicyclic) bond motifs is 1. The number of halogens is 1. The molecule has 2 N–H and O–H groups in total. The number of aromatic nitrogens is 1. The van der Waals surface area contributed by atoms with Crippen molar-refractivity contribution in [3.8, 4) is 0 Å².